The van der Waals surface area contributed by atoms with Gasteiger partial charge in [-0.25, -0.2) is 0 Å². The zero-order chi connectivity index (χ0) is 17.8. The van der Waals surface area contributed by atoms with Gasteiger partial charge in [-0.15, -0.1) is 0 Å². The van der Waals surface area contributed by atoms with Crippen LogP contribution in [-0.2, 0) is 9.59 Å². The van der Waals surface area contributed by atoms with E-state index in [2.05, 4.69) is 17.0 Å². The van der Waals surface area contributed by atoms with E-state index in [0.29, 0.717) is 18.5 Å². The van der Waals surface area contributed by atoms with E-state index in [1.165, 1.54) is 5.56 Å². The van der Waals surface area contributed by atoms with Crippen LogP contribution in [0.25, 0.3) is 0 Å². The van der Waals surface area contributed by atoms with Crippen molar-refractivity contribution >= 4 is 11.7 Å². The van der Waals surface area contributed by atoms with E-state index in [0.717, 1.165) is 37.4 Å². The summed E-state index contributed by atoms with van der Waals surface area (Å²) in [4.78, 5) is 29.3. The molecular formula is C20H24N2O4. The fraction of sp³-hybridized carbons (Fsp3) is 0.600. The molecule has 5 aliphatic heterocycles. The van der Waals surface area contributed by atoms with Crippen LogP contribution < -0.4 is 9.47 Å². The molecule has 1 amide bonds. The first-order chi connectivity index (χ1) is 12.7. The first-order valence-corrected chi connectivity index (χ1v) is 9.64. The molecule has 1 aromatic carbocycles. The predicted molar refractivity (Wildman–Crippen MR) is 94.2 cm³/mol. The Morgan fingerprint density at radius 2 is 1.88 bits per heavy atom. The number of nitrogens with zero attached hydrogens (tertiary/aromatic N) is 2. The molecule has 0 spiro atoms. The maximum atomic E-state index is 12.8. The van der Waals surface area contributed by atoms with Gasteiger partial charge in [-0.3, -0.25) is 14.5 Å². The van der Waals surface area contributed by atoms with Crippen molar-refractivity contribution in [1.29, 1.82) is 0 Å². The topological polar surface area (TPSA) is 59.1 Å². The number of rotatable bonds is 3. The Labute approximate surface area is 153 Å². The molecule has 0 N–H and O–H groups in total. The Balaban J connectivity index is 1.52. The normalized spacial score (nSPS) is 34.0. The standard InChI is InChI=1S/C20H24N2O4/c1-2-15(23)20(24)22-10-14(13-3-4-16-17(9-13)26-11-25-16)19-18(22)12-5-7-21(19)8-6-12/h3-4,9,12,14,18-19H,2,5-8,10-11H2,1H3/t14-,18+,19+/m0/s1. The lowest BCUT2D eigenvalue weighted by Gasteiger charge is -2.51. The number of hydrogen-bond acceptors (Lipinski definition) is 5. The van der Waals surface area contributed by atoms with Crippen molar-refractivity contribution in [2.24, 2.45) is 5.92 Å². The molecule has 1 aromatic rings. The average molecular weight is 356 g/mol. The van der Waals surface area contributed by atoms with E-state index in [9.17, 15) is 9.59 Å². The largest absolute Gasteiger partial charge is 0.454 e. The number of Topliss-reactive ketones (excluding diaryl/α,β-unsaturated/α-hetero) is 1. The number of benzene rings is 1. The van der Waals surface area contributed by atoms with Crippen molar-refractivity contribution in [3.8, 4) is 11.5 Å². The second-order valence-electron chi connectivity index (χ2n) is 7.81. The average Bonchev–Trinajstić information content (AvgIpc) is 3.32. The second-order valence-corrected chi connectivity index (χ2v) is 7.81. The summed E-state index contributed by atoms with van der Waals surface area (Å²) >= 11 is 0. The summed E-state index contributed by atoms with van der Waals surface area (Å²) < 4.78 is 11.0. The molecule has 5 heterocycles. The van der Waals surface area contributed by atoms with Gasteiger partial charge in [0.05, 0.1) is 6.04 Å². The highest BCUT2D eigenvalue weighted by atomic mass is 16.7. The van der Waals surface area contributed by atoms with Crippen molar-refractivity contribution in [3.63, 3.8) is 0 Å². The molecule has 0 saturated carbocycles. The van der Waals surface area contributed by atoms with E-state index in [1.54, 1.807) is 6.92 Å². The molecule has 0 aromatic heterocycles. The molecule has 6 nitrogen and oxygen atoms in total. The van der Waals surface area contributed by atoms with Crippen LogP contribution in [0.2, 0.25) is 0 Å². The summed E-state index contributed by atoms with van der Waals surface area (Å²) in [6.45, 7) is 4.83. The molecule has 0 unspecified atom stereocenters. The van der Waals surface area contributed by atoms with Crippen molar-refractivity contribution in [3.05, 3.63) is 23.8 Å². The van der Waals surface area contributed by atoms with Gasteiger partial charge in [0, 0.05) is 24.9 Å². The minimum Gasteiger partial charge on any atom is -0.454 e. The molecule has 3 atom stereocenters. The molecule has 0 aliphatic carbocycles. The number of ketones is 1. The monoisotopic (exact) mass is 356 g/mol. The number of carbonyl (C=O) groups is 2. The Bertz CT molecular complexity index is 756. The van der Waals surface area contributed by atoms with Crippen LogP contribution in [0.1, 0.15) is 37.7 Å². The third-order valence-electron chi connectivity index (χ3n) is 6.64. The zero-order valence-corrected chi connectivity index (χ0v) is 15.0. The van der Waals surface area contributed by atoms with Crippen LogP contribution in [-0.4, -0.2) is 60.0 Å². The lowest BCUT2D eigenvalue weighted by molar-refractivity contribution is -0.147. The third kappa shape index (κ3) is 2.28. The number of hydrogen-bond donors (Lipinski definition) is 0. The van der Waals surface area contributed by atoms with Gasteiger partial charge in [-0.05, 0) is 49.5 Å². The number of fused-ring (bicyclic) bond motifs is 3. The van der Waals surface area contributed by atoms with E-state index < -0.39 is 0 Å². The van der Waals surface area contributed by atoms with Gasteiger partial charge in [-0.1, -0.05) is 13.0 Å². The molecule has 4 saturated heterocycles. The molecule has 4 fully saturated rings. The quantitative estimate of drug-likeness (QED) is 0.773. The van der Waals surface area contributed by atoms with Gasteiger partial charge in [0.15, 0.2) is 11.5 Å². The van der Waals surface area contributed by atoms with Crippen molar-refractivity contribution in [2.75, 3.05) is 26.4 Å². The lowest BCUT2D eigenvalue weighted by Crippen LogP contribution is -2.61. The van der Waals surface area contributed by atoms with Gasteiger partial charge >= 0.3 is 0 Å². The van der Waals surface area contributed by atoms with E-state index >= 15 is 0 Å². The smallest absolute Gasteiger partial charge is 0.290 e. The van der Waals surface area contributed by atoms with Crippen LogP contribution in [0.15, 0.2) is 18.2 Å². The number of carbonyl (C=O) groups excluding carboxylic acids is 2. The maximum Gasteiger partial charge on any atom is 0.290 e. The molecule has 6 rings (SSSR count). The molecule has 26 heavy (non-hydrogen) atoms. The fourth-order valence-electron chi connectivity index (χ4n) is 5.40. The first kappa shape index (κ1) is 16.1. The third-order valence-corrected chi connectivity index (χ3v) is 6.64. The highest BCUT2D eigenvalue weighted by molar-refractivity contribution is 6.36. The highest BCUT2D eigenvalue weighted by Crippen LogP contribution is 2.47. The Morgan fingerprint density at radius 3 is 2.65 bits per heavy atom. The van der Waals surface area contributed by atoms with Crippen LogP contribution in [0, 0.1) is 5.92 Å². The Morgan fingerprint density at radius 1 is 1.12 bits per heavy atom. The molecule has 5 aliphatic rings. The minimum absolute atomic E-state index is 0.163. The van der Waals surface area contributed by atoms with E-state index in [1.807, 2.05) is 11.0 Å². The van der Waals surface area contributed by atoms with Gasteiger partial charge in [-0.2, -0.15) is 0 Å². The molecule has 0 radical (unpaired) electrons. The molecule has 138 valence electrons. The van der Waals surface area contributed by atoms with Crippen LogP contribution in [0.3, 0.4) is 0 Å². The molecule has 2 bridgehead atoms. The van der Waals surface area contributed by atoms with Crippen LogP contribution in [0.5, 0.6) is 11.5 Å². The number of piperidine rings is 3. The molecule has 6 heteroatoms. The van der Waals surface area contributed by atoms with E-state index in [-0.39, 0.29) is 36.9 Å². The number of likely N-dealkylation sites (tertiary alicyclic amines) is 1. The van der Waals surface area contributed by atoms with Gasteiger partial charge < -0.3 is 14.4 Å². The summed E-state index contributed by atoms with van der Waals surface area (Å²) in [6.07, 6.45) is 2.52. The van der Waals surface area contributed by atoms with Crippen LogP contribution >= 0.6 is 0 Å². The van der Waals surface area contributed by atoms with Crippen molar-refractivity contribution < 1.29 is 19.1 Å². The van der Waals surface area contributed by atoms with Crippen molar-refractivity contribution in [2.45, 2.75) is 44.2 Å². The van der Waals surface area contributed by atoms with Gasteiger partial charge in [0.2, 0.25) is 12.6 Å². The predicted octanol–water partition coefficient (Wildman–Crippen LogP) is 1.78. The van der Waals surface area contributed by atoms with E-state index in [4.69, 9.17) is 9.47 Å². The number of amides is 1. The maximum absolute atomic E-state index is 12.8. The first-order valence-electron chi connectivity index (χ1n) is 9.64. The Kier molecular flexibility index (Phi) is 3.71. The summed E-state index contributed by atoms with van der Waals surface area (Å²) in [5.74, 6) is 1.72. The van der Waals surface area contributed by atoms with Crippen LogP contribution in [0.4, 0.5) is 0 Å². The summed E-state index contributed by atoms with van der Waals surface area (Å²) in [7, 11) is 0. The molecular weight excluding hydrogens is 332 g/mol. The summed E-state index contributed by atoms with van der Waals surface area (Å²) in [5.41, 5.74) is 1.18. The minimum atomic E-state index is -0.292. The van der Waals surface area contributed by atoms with Gasteiger partial charge in [0.1, 0.15) is 0 Å². The fourth-order valence-corrected chi connectivity index (χ4v) is 5.40. The Hall–Kier alpha value is -2.08. The highest BCUT2D eigenvalue weighted by Gasteiger charge is 2.55. The van der Waals surface area contributed by atoms with Crippen molar-refractivity contribution in [1.82, 2.24) is 9.80 Å². The SMILES string of the molecule is CCC(=O)C(=O)N1C[C@@H](c2ccc3c(c2)OCO3)[C@@H]2[C@H]1C1CCN2CC1. The zero-order valence-electron chi connectivity index (χ0n) is 15.0. The summed E-state index contributed by atoms with van der Waals surface area (Å²) in [5, 5.41) is 0. The lowest BCUT2D eigenvalue weighted by atomic mass is 9.75. The van der Waals surface area contributed by atoms with Gasteiger partial charge in [0.25, 0.3) is 5.91 Å². The second kappa shape index (κ2) is 5.98. The number of ether oxygens (including phenoxy) is 2. The summed E-state index contributed by atoms with van der Waals surface area (Å²) in [6, 6.07) is 6.58.